The van der Waals surface area contributed by atoms with Gasteiger partial charge in [-0.2, -0.15) is 0 Å². The number of unbranched alkanes of at least 4 members (excludes halogenated alkanes) is 1. The molecule has 0 N–H and O–H groups in total. The Bertz CT molecular complexity index is 1040. The van der Waals surface area contributed by atoms with E-state index in [1.807, 2.05) is 48.5 Å². The van der Waals surface area contributed by atoms with Crippen LogP contribution in [0.1, 0.15) is 151 Å². The number of rotatable bonds is 41. The van der Waals surface area contributed by atoms with Crippen molar-refractivity contribution in [3.8, 4) is 0 Å². The molecule has 0 aliphatic rings. The van der Waals surface area contributed by atoms with Gasteiger partial charge in [-0.3, -0.25) is 28.8 Å². The maximum absolute atomic E-state index is 12.9. The Morgan fingerprint density at radius 2 is 0.600 bits per heavy atom. The first-order valence-corrected chi connectivity index (χ1v) is 24.9. The number of ketones is 6. The minimum Gasteiger partial charge on any atom is -0.374 e. The molecular formula is C40H75NO12Si2. The smallest absolute Gasteiger partial charge is 0.374 e. The van der Waals surface area contributed by atoms with Crippen molar-refractivity contribution < 1.29 is 55.3 Å². The molecule has 0 heterocycles. The first kappa shape index (κ1) is 53.2. The average Bonchev–Trinajstić information content (AvgIpc) is 3.15. The second-order valence-corrected chi connectivity index (χ2v) is 19.1. The molecule has 0 radical (unpaired) electrons. The summed E-state index contributed by atoms with van der Waals surface area (Å²) in [7, 11) is -5.63. The molecule has 0 atom stereocenters. The van der Waals surface area contributed by atoms with Crippen LogP contribution in [0.5, 0.6) is 0 Å². The maximum atomic E-state index is 12.9. The van der Waals surface area contributed by atoms with Gasteiger partial charge in [0.1, 0.15) is 34.7 Å². The van der Waals surface area contributed by atoms with E-state index >= 15 is 0 Å². The van der Waals surface area contributed by atoms with E-state index in [1.54, 1.807) is 0 Å². The minimum absolute atomic E-state index is 0.0153. The molecule has 0 unspecified atom stereocenters. The summed E-state index contributed by atoms with van der Waals surface area (Å²) in [4.78, 5) is 76.1. The average molecular weight is 818 g/mol. The van der Waals surface area contributed by atoms with E-state index in [4.69, 9.17) is 26.6 Å². The van der Waals surface area contributed by atoms with Crippen molar-refractivity contribution in [1.29, 1.82) is 0 Å². The van der Waals surface area contributed by atoms with Gasteiger partial charge >= 0.3 is 17.6 Å². The van der Waals surface area contributed by atoms with Crippen molar-refractivity contribution in [2.75, 3.05) is 59.3 Å². The molecule has 55 heavy (non-hydrogen) atoms. The Balaban J connectivity index is 4.93. The van der Waals surface area contributed by atoms with E-state index in [0.717, 1.165) is 25.7 Å². The lowest BCUT2D eigenvalue weighted by atomic mass is 10.0. The number of Topliss-reactive ketones (excluding diaryl/α,β-unsaturated/α-hetero) is 6. The number of hydrogen-bond acceptors (Lipinski definition) is 13. The molecule has 0 saturated carbocycles. The third-order valence-corrected chi connectivity index (χ3v) is 15.3. The highest BCUT2D eigenvalue weighted by molar-refractivity contribution is 6.61. The molecule has 0 rings (SSSR count). The predicted molar refractivity (Wildman–Crippen MR) is 217 cm³/mol. The van der Waals surface area contributed by atoms with Gasteiger partial charge in [-0.15, -0.1) is 0 Å². The lowest BCUT2D eigenvalue weighted by Gasteiger charge is -2.31. The Labute approximate surface area is 334 Å². The fourth-order valence-electron chi connectivity index (χ4n) is 6.18. The minimum atomic E-state index is -2.82. The highest BCUT2D eigenvalue weighted by Gasteiger charge is 2.41. The van der Waals surface area contributed by atoms with E-state index in [2.05, 4.69) is 4.90 Å². The number of carbonyl (C=O) groups excluding carboxylic acids is 6. The van der Waals surface area contributed by atoms with Gasteiger partial charge in [-0.1, -0.05) is 13.3 Å². The zero-order chi connectivity index (χ0) is 41.4. The Morgan fingerprint density at radius 1 is 0.345 bits per heavy atom. The summed E-state index contributed by atoms with van der Waals surface area (Å²) in [6, 6.07) is 1.32. The molecule has 0 aromatic heterocycles. The van der Waals surface area contributed by atoms with Gasteiger partial charge in [-0.25, -0.2) is 0 Å². The summed E-state index contributed by atoms with van der Waals surface area (Å²) < 4.78 is 36.2. The van der Waals surface area contributed by atoms with Gasteiger partial charge in [0.25, 0.3) is 0 Å². The van der Waals surface area contributed by atoms with Crippen molar-refractivity contribution in [3.63, 3.8) is 0 Å². The van der Waals surface area contributed by atoms with Gasteiger partial charge in [0.2, 0.25) is 0 Å². The molecule has 0 aromatic rings. The standard InChI is InChI=1S/C40H75NO12Si2/c1-8-15-18-35(42)19-20-36(43)21-22-37(44)23-24-38(45)25-26-39(46)27-28-40(47)29-32-41(30-16-33-54(48-9-2,49-10-3)50-11-4)31-17-34-55(51-12-5,52-13-6)53-14-7/h8-34H2,1-7H3. The number of nitrogens with zero attached hydrogens (tertiary/aromatic N) is 1. The van der Waals surface area contributed by atoms with Gasteiger partial charge in [-0.05, 0) is 73.9 Å². The summed E-state index contributed by atoms with van der Waals surface area (Å²) in [5, 5.41) is 0. The Hall–Kier alpha value is -1.83. The topological polar surface area (TPSA) is 161 Å². The van der Waals surface area contributed by atoms with Crippen LogP contribution in [0.3, 0.4) is 0 Å². The van der Waals surface area contributed by atoms with Crippen LogP contribution in [0, 0.1) is 0 Å². The molecular weight excluding hydrogens is 743 g/mol. The van der Waals surface area contributed by atoms with Crippen molar-refractivity contribution in [2.45, 2.75) is 163 Å². The second-order valence-electron chi connectivity index (χ2n) is 13.6. The molecule has 320 valence electrons. The Morgan fingerprint density at radius 3 is 0.855 bits per heavy atom. The summed E-state index contributed by atoms with van der Waals surface area (Å²) in [5.74, 6) is -0.584. The van der Waals surface area contributed by atoms with Crippen LogP contribution in [0.25, 0.3) is 0 Å². The van der Waals surface area contributed by atoms with E-state index in [-0.39, 0.29) is 98.9 Å². The van der Waals surface area contributed by atoms with E-state index < -0.39 is 17.6 Å². The number of carbonyl (C=O) groups is 6. The summed E-state index contributed by atoms with van der Waals surface area (Å²) in [6.07, 6.45) is 4.86. The zero-order valence-corrected chi connectivity index (χ0v) is 37.4. The predicted octanol–water partition coefficient (Wildman–Crippen LogP) is 7.06. The molecule has 0 bridgehead atoms. The van der Waals surface area contributed by atoms with Crippen molar-refractivity contribution in [2.24, 2.45) is 0 Å². The van der Waals surface area contributed by atoms with Gasteiger partial charge in [0.15, 0.2) is 0 Å². The maximum Gasteiger partial charge on any atom is 0.500 e. The zero-order valence-electron chi connectivity index (χ0n) is 35.4. The molecule has 0 aliphatic carbocycles. The van der Waals surface area contributed by atoms with Gasteiger partial charge in [0, 0.05) is 135 Å². The summed E-state index contributed by atoms with van der Waals surface area (Å²) in [6.45, 7) is 18.6. The van der Waals surface area contributed by atoms with E-state index in [0.29, 0.717) is 84.2 Å². The normalized spacial score (nSPS) is 12.0. The molecule has 0 amide bonds. The van der Waals surface area contributed by atoms with Crippen molar-refractivity contribution in [3.05, 3.63) is 0 Å². The van der Waals surface area contributed by atoms with Crippen molar-refractivity contribution in [1.82, 2.24) is 4.90 Å². The fourth-order valence-corrected chi connectivity index (χ4v) is 11.4. The molecule has 15 heteroatoms. The van der Waals surface area contributed by atoms with Crippen LogP contribution in [-0.4, -0.2) is 116 Å². The van der Waals surface area contributed by atoms with Crippen LogP contribution < -0.4 is 0 Å². The number of hydrogen-bond donors (Lipinski definition) is 0. The fraction of sp³-hybridized carbons (Fsp3) is 0.850. The van der Waals surface area contributed by atoms with Crippen LogP contribution >= 0.6 is 0 Å². The van der Waals surface area contributed by atoms with Crippen LogP contribution in [0.15, 0.2) is 0 Å². The highest BCUT2D eigenvalue weighted by Crippen LogP contribution is 2.21. The monoisotopic (exact) mass is 817 g/mol. The first-order chi connectivity index (χ1) is 26.4. The molecule has 0 aromatic carbocycles. The molecule has 0 aliphatic heterocycles. The SMILES string of the molecule is CCCCC(=O)CCC(=O)CCC(=O)CCC(=O)CCC(=O)CCC(=O)CCN(CCC[Si](OCC)(OCC)OCC)CCC[Si](OCC)(OCC)OCC. The molecule has 0 saturated heterocycles. The van der Waals surface area contributed by atoms with Crippen LogP contribution in [0.4, 0.5) is 0 Å². The second kappa shape index (κ2) is 33.2. The quantitative estimate of drug-likeness (QED) is 0.0578. The summed E-state index contributed by atoms with van der Waals surface area (Å²) in [5.41, 5.74) is 0. The third-order valence-electron chi connectivity index (χ3n) is 9.03. The Kier molecular flexibility index (Phi) is 32.1. The van der Waals surface area contributed by atoms with Crippen molar-refractivity contribution >= 4 is 52.3 Å². The van der Waals surface area contributed by atoms with E-state index in [9.17, 15) is 28.8 Å². The molecule has 0 fully saturated rings. The highest BCUT2D eigenvalue weighted by atomic mass is 28.4. The largest absolute Gasteiger partial charge is 0.500 e. The molecule has 13 nitrogen and oxygen atoms in total. The van der Waals surface area contributed by atoms with Gasteiger partial charge in [0.05, 0.1) is 0 Å². The van der Waals surface area contributed by atoms with Crippen LogP contribution in [0.2, 0.25) is 12.1 Å². The van der Waals surface area contributed by atoms with Gasteiger partial charge < -0.3 is 31.5 Å². The first-order valence-electron chi connectivity index (χ1n) is 21.0. The lowest BCUT2D eigenvalue weighted by Crippen LogP contribution is -2.47. The third kappa shape index (κ3) is 26.7. The van der Waals surface area contributed by atoms with E-state index in [1.165, 1.54) is 0 Å². The lowest BCUT2D eigenvalue weighted by molar-refractivity contribution is -0.128. The summed E-state index contributed by atoms with van der Waals surface area (Å²) >= 11 is 0. The van der Waals surface area contributed by atoms with Crippen LogP contribution in [-0.2, 0) is 55.3 Å². The molecule has 0 spiro atoms.